The number of ether oxygens (including phenoxy) is 1. The number of carbonyl (C=O) groups excluding carboxylic acids is 1. The van der Waals surface area contributed by atoms with E-state index in [-0.39, 0.29) is 36.9 Å². The predicted molar refractivity (Wildman–Crippen MR) is 69.6 cm³/mol. The fourth-order valence-electron chi connectivity index (χ4n) is 2.37. The number of hydrogen-bond donors (Lipinski definition) is 3. The molecule has 3 atom stereocenters. The molecule has 1 aliphatic carbocycles. The van der Waals surface area contributed by atoms with Gasteiger partial charge < -0.3 is 20.3 Å². The highest BCUT2D eigenvalue weighted by molar-refractivity contribution is 5.77. The Kier molecular flexibility index (Phi) is 4.92. The predicted octanol–water partition coefficient (Wildman–Crippen LogP) is 0.452. The van der Waals surface area contributed by atoms with Gasteiger partial charge in [-0.05, 0) is 37.1 Å². The highest BCUT2D eigenvalue weighted by atomic mass is 19.1. The van der Waals surface area contributed by atoms with Crippen molar-refractivity contribution in [2.45, 2.75) is 25.0 Å². The van der Waals surface area contributed by atoms with Gasteiger partial charge in [-0.25, -0.2) is 4.39 Å². The zero-order chi connectivity index (χ0) is 14.5. The number of aliphatic hydroxyl groups excluding tert-OH is 2. The Bertz CT molecular complexity index is 451. The molecule has 2 rings (SSSR count). The van der Waals surface area contributed by atoms with Crippen LogP contribution in [-0.4, -0.2) is 41.5 Å². The van der Waals surface area contributed by atoms with E-state index in [1.54, 1.807) is 0 Å². The lowest BCUT2D eigenvalue weighted by Gasteiger charge is -2.13. The Hall–Kier alpha value is -1.66. The van der Waals surface area contributed by atoms with Crippen LogP contribution in [0.3, 0.4) is 0 Å². The number of aliphatic hydroxyl groups is 2. The molecule has 5 nitrogen and oxygen atoms in total. The molecule has 110 valence electrons. The van der Waals surface area contributed by atoms with Gasteiger partial charge in [-0.15, -0.1) is 0 Å². The molecule has 0 heterocycles. The molecule has 0 radical (unpaired) electrons. The number of halogens is 1. The average Bonchev–Trinajstić information content (AvgIpc) is 2.78. The molecule has 1 aromatic carbocycles. The van der Waals surface area contributed by atoms with Crippen LogP contribution in [0.5, 0.6) is 5.75 Å². The first kappa shape index (κ1) is 14.7. The molecule has 0 aromatic heterocycles. The van der Waals surface area contributed by atoms with Crippen LogP contribution in [0.15, 0.2) is 24.3 Å². The van der Waals surface area contributed by atoms with Gasteiger partial charge in [-0.1, -0.05) is 0 Å². The second kappa shape index (κ2) is 6.67. The van der Waals surface area contributed by atoms with Gasteiger partial charge >= 0.3 is 0 Å². The fraction of sp³-hybridized carbons (Fsp3) is 0.500. The lowest BCUT2D eigenvalue weighted by Crippen LogP contribution is -2.36. The van der Waals surface area contributed by atoms with Crippen LogP contribution in [-0.2, 0) is 4.79 Å². The summed E-state index contributed by atoms with van der Waals surface area (Å²) in [5, 5.41) is 21.4. The van der Waals surface area contributed by atoms with E-state index in [4.69, 9.17) is 9.84 Å². The molecule has 0 aliphatic heterocycles. The monoisotopic (exact) mass is 283 g/mol. The molecule has 1 fully saturated rings. The molecular weight excluding hydrogens is 265 g/mol. The van der Waals surface area contributed by atoms with E-state index >= 15 is 0 Å². The summed E-state index contributed by atoms with van der Waals surface area (Å²) in [6, 6.07) is 5.26. The van der Waals surface area contributed by atoms with Crippen LogP contribution in [0.4, 0.5) is 4.39 Å². The van der Waals surface area contributed by atoms with Crippen molar-refractivity contribution in [3.63, 3.8) is 0 Å². The van der Waals surface area contributed by atoms with Gasteiger partial charge in [0.05, 0.1) is 6.10 Å². The molecule has 3 unspecified atom stereocenters. The number of amides is 1. The summed E-state index contributed by atoms with van der Waals surface area (Å²) in [4.78, 5) is 11.7. The van der Waals surface area contributed by atoms with E-state index in [2.05, 4.69) is 5.32 Å². The molecule has 1 aromatic rings. The highest BCUT2D eigenvalue weighted by Crippen LogP contribution is 2.25. The quantitative estimate of drug-likeness (QED) is 0.733. The molecule has 20 heavy (non-hydrogen) atoms. The lowest BCUT2D eigenvalue weighted by molar-refractivity contribution is -0.123. The summed E-state index contributed by atoms with van der Waals surface area (Å²) in [6.07, 6.45) is 0.413. The van der Waals surface area contributed by atoms with E-state index in [0.29, 0.717) is 18.6 Å². The van der Waals surface area contributed by atoms with Gasteiger partial charge in [0.2, 0.25) is 0 Å². The summed E-state index contributed by atoms with van der Waals surface area (Å²) in [5.41, 5.74) is 0. The highest BCUT2D eigenvalue weighted by Gasteiger charge is 2.33. The van der Waals surface area contributed by atoms with Gasteiger partial charge in [0.15, 0.2) is 6.61 Å². The molecule has 3 N–H and O–H groups in total. The van der Waals surface area contributed by atoms with Crippen molar-refractivity contribution in [3.05, 3.63) is 30.1 Å². The van der Waals surface area contributed by atoms with Gasteiger partial charge in [0.25, 0.3) is 5.91 Å². The summed E-state index contributed by atoms with van der Waals surface area (Å²) in [5.74, 6) is -0.429. The first-order valence-corrected chi connectivity index (χ1v) is 6.55. The zero-order valence-electron chi connectivity index (χ0n) is 11.0. The van der Waals surface area contributed by atoms with Crippen molar-refractivity contribution < 1.29 is 24.1 Å². The Balaban J connectivity index is 1.74. The third-order valence-corrected chi connectivity index (χ3v) is 3.44. The van der Waals surface area contributed by atoms with Gasteiger partial charge in [0, 0.05) is 18.6 Å². The second-order valence-electron chi connectivity index (χ2n) is 4.99. The Morgan fingerprint density at radius 1 is 1.35 bits per heavy atom. The number of rotatable bonds is 5. The van der Waals surface area contributed by atoms with Crippen molar-refractivity contribution in [2.24, 2.45) is 5.92 Å². The maximum atomic E-state index is 12.7. The molecule has 1 aliphatic rings. The third-order valence-electron chi connectivity index (χ3n) is 3.44. The standard InChI is InChI=1S/C14H18FNO4/c15-10-1-3-12(4-2-10)20-8-14(19)16-11-5-9(7-17)13(18)6-11/h1-4,9,11,13,17-18H,5-8H2,(H,16,19). The van der Waals surface area contributed by atoms with Crippen LogP contribution in [0.25, 0.3) is 0 Å². The molecular formula is C14H18FNO4. The van der Waals surface area contributed by atoms with Crippen molar-refractivity contribution in [1.29, 1.82) is 0 Å². The largest absolute Gasteiger partial charge is 0.484 e. The summed E-state index contributed by atoms with van der Waals surface area (Å²) >= 11 is 0. The van der Waals surface area contributed by atoms with Crippen molar-refractivity contribution in [3.8, 4) is 5.75 Å². The van der Waals surface area contributed by atoms with Crippen molar-refractivity contribution >= 4 is 5.91 Å². The molecule has 0 saturated heterocycles. The van der Waals surface area contributed by atoms with Crippen LogP contribution in [0.2, 0.25) is 0 Å². The first-order valence-electron chi connectivity index (χ1n) is 6.55. The van der Waals surface area contributed by atoms with Crippen LogP contribution in [0.1, 0.15) is 12.8 Å². The molecule has 1 amide bonds. The van der Waals surface area contributed by atoms with Gasteiger partial charge in [-0.2, -0.15) is 0 Å². The van der Waals surface area contributed by atoms with E-state index in [0.717, 1.165) is 0 Å². The van der Waals surface area contributed by atoms with E-state index in [1.165, 1.54) is 24.3 Å². The normalized spacial score (nSPS) is 25.4. The van der Waals surface area contributed by atoms with E-state index in [1.807, 2.05) is 0 Å². The van der Waals surface area contributed by atoms with Crippen LogP contribution >= 0.6 is 0 Å². The SMILES string of the molecule is O=C(COc1ccc(F)cc1)NC1CC(O)C(CO)C1. The van der Waals surface area contributed by atoms with Crippen molar-refractivity contribution in [1.82, 2.24) is 5.32 Å². The maximum absolute atomic E-state index is 12.7. The lowest BCUT2D eigenvalue weighted by atomic mass is 10.1. The van der Waals surface area contributed by atoms with Crippen LogP contribution < -0.4 is 10.1 Å². The van der Waals surface area contributed by atoms with Crippen LogP contribution in [0, 0.1) is 11.7 Å². The topological polar surface area (TPSA) is 78.8 Å². The van der Waals surface area contributed by atoms with Crippen molar-refractivity contribution in [2.75, 3.05) is 13.2 Å². The smallest absolute Gasteiger partial charge is 0.258 e. The minimum atomic E-state index is -0.580. The number of nitrogens with one attached hydrogen (secondary N) is 1. The number of hydrogen-bond acceptors (Lipinski definition) is 4. The van der Waals surface area contributed by atoms with Gasteiger partial charge in [0.1, 0.15) is 11.6 Å². The van der Waals surface area contributed by atoms with E-state index in [9.17, 15) is 14.3 Å². The maximum Gasteiger partial charge on any atom is 0.258 e. The molecule has 0 bridgehead atoms. The molecule has 1 saturated carbocycles. The number of carbonyl (C=O) groups is 1. The fourth-order valence-corrected chi connectivity index (χ4v) is 2.37. The zero-order valence-corrected chi connectivity index (χ0v) is 11.0. The Morgan fingerprint density at radius 3 is 2.65 bits per heavy atom. The summed E-state index contributed by atoms with van der Waals surface area (Å²) in [6.45, 7) is -0.248. The van der Waals surface area contributed by atoms with Gasteiger partial charge in [-0.3, -0.25) is 4.79 Å². The Morgan fingerprint density at radius 2 is 2.05 bits per heavy atom. The second-order valence-corrected chi connectivity index (χ2v) is 4.99. The minimum Gasteiger partial charge on any atom is -0.484 e. The summed E-state index contributed by atoms with van der Waals surface area (Å²) in [7, 11) is 0. The summed E-state index contributed by atoms with van der Waals surface area (Å²) < 4.78 is 17.9. The third kappa shape index (κ3) is 3.91. The molecule has 6 heteroatoms. The number of benzene rings is 1. The molecule has 0 spiro atoms. The minimum absolute atomic E-state index is 0.0837. The Labute approximate surface area is 116 Å². The van der Waals surface area contributed by atoms with E-state index < -0.39 is 6.10 Å². The average molecular weight is 283 g/mol. The first-order chi connectivity index (χ1) is 9.58.